The third-order valence-corrected chi connectivity index (χ3v) is 5.26. The average Bonchev–Trinajstić information content (AvgIpc) is 2.70. The van der Waals surface area contributed by atoms with Gasteiger partial charge in [-0.3, -0.25) is 14.7 Å². The van der Waals surface area contributed by atoms with Crippen LogP contribution in [0.4, 0.5) is 16.2 Å². The van der Waals surface area contributed by atoms with E-state index in [1.165, 1.54) is 5.56 Å². The SMILES string of the molecule is CCc1c(CN2CCN(C(C)=O)CC2)cccc1NC(=O)Nc1ccc(C)nc1.[HH].[HH]. The molecule has 0 bridgehead atoms. The molecule has 3 amide bonds. The number of carbonyl (C=O) groups is 2. The molecule has 3 rings (SSSR count). The second kappa shape index (κ2) is 9.52. The van der Waals surface area contributed by atoms with Crippen molar-refractivity contribution in [2.75, 3.05) is 36.8 Å². The Hall–Kier alpha value is -2.93. The number of piperazine rings is 1. The summed E-state index contributed by atoms with van der Waals surface area (Å²) in [5.74, 6) is 0.139. The summed E-state index contributed by atoms with van der Waals surface area (Å²) in [7, 11) is 0. The molecule has 0 spiro atoms. The molecule has 158 valence electrons. The number of urea groups is 1. The van der Waals surface area contributed by atoms with Gasteiger partial charge in [0.15, 0.2) is 0 Å². The van der Waals surface area contributed by atoms with E-state index in [-0.39, 0.29) is 14.8 Å². The molecule has 1 aliphatic rings. The van der Waals surface area contributed by atoms with E-state index in [2.05, 4.69) is 33.5 Å². The third-order valence-electron chi connectivity index (χ3n) is 5.26. The van der Waals surface area contributed by atoms with E-state index in [4.69, 9.17) is 0 Å². The fraction of sp³-hybridized carbons (Fsp3) is 0.409. The summed E-state index contributed by atoms with van der Waals surface area (Å²) in [4.78, 5) is 32.4. The Morgan fingerprint density at radius 1 is 1.10 bits per heavy atom. The van der Waals surface area contributed by atoms with Crippen LogP contribution in [0.1, 0.15) is 33.5 Å². The highest BCUT2D eigenvalue weighted by Gasteiger charge is 2.20. The predicted octanol–water partition coefficient (Wildman–Crippen LogP) is 3.75. The molecule has 2 N–H and O–H groups in total. The lowest BCUT2D eigenvalue weighted by molar-refractivity contribution is -0.130. The normalized spacial score (nSPS) is 14.5. The largest absolute Gasteiger partial charge is 0.340 e. The molecule has 1 aliphatic heterocycles. The first-order valence-electron chi connectivity index (χ1n) is 10.1. The topological polar surface area (TPSA) is 77.6 Å². The minimum Gasteiger partial charge on any atom is -0.340 e. The lowest BCUT2D eigenvalue weighted by Gasteiger charge is -2.34. The predicted molar refractivity (Wildman–Crippen MR) is 119 cm³/mol. The molecule has 1 fully saturated rings. The second-order valence-electron chi connectivity index (χ2n) is 7.35. The first-order chi connectivity index (χ1) is 14.0. The number of aromatic nitrogens is 1. The Balaban J connectivity index is 0.00000240. The van der Waals surface area contributed by atoms with E-state index in [0.717, 1.165) is 56.1 Å². The Bertz CT molecular complexity index is 869. The van der Waals surface area contributed by atoms with Gasteiger partial charge in [-0.25, -0.2) is 4.79 Å². The van der Waals surface area contributed by atoms with Crippen molar-refractivity contribution in [3.63, 3.8) is 0 Å². The van der Waals surface area contributed by atoms with Crippen LogP contribution >= 0.6 is 0 Å². The van der Waals surface area contributed by atoms with E-state index in [0.29, 0.717) is 5.69 Å². The van der Waals surface area contributed by atoms with Crippen LogP contribution < -0.4 is 10.6 Å². The second-order valence-corrected chi connectivity index (χ2v) is 7.35. The molecule has 0 atom stereocenters. The van der Waals surface area contributed by atoms with E-state index >= 15 is 0 Å². The van der Waals surface area contributed by atoms with Gasteiger partial charge >= 0.3 is 6.03 Å². The van der Waals surface area contributed by atoms with Crippen molar-refractivity contribution in [2.45, 2.75) is 33.7 Å². The van der Waals surface area contributed by atoms with Crippen molar-refractivity contribution in [1.82, 2.24) is 14.8 Å². The third kappa shape index (κ3) is 5.54. The maximum atomic E-state index is 12.4. The molecule has 1 aromatic carbocycles. The molecule has 0 unspecified atom stereocenters. The number of rotatable bonds is 5. The van der Waals surface area contributed by atoms with Gasteiger partial charge in [0, 0.05) is 53.9 Å². The summed E-state index contributed by atoms with van der Waals surface area (Å²) in [6.07, 6.45) is 2.47. The van der Waals surface area contributed by atoms with Gasteiger partial charge in [0.25, 0.3) is 0 Å². The molecule has 1 aromatic heterocycles. The van der Waals surface area contributed by atoms with Crippen molar-refractivity contribution < 1.29 is 12.4 Å². The van der Waals surface area contributed by atoms with Crippen molar-refractivity contribution in [1.29, 1.82) is 0 Å². The fourth-order valence-corrected chi connectivity index (χ4v) is 3.61. The van der Waals surface area contributed by atoms with Crippen molar-refractivity contribution in [3.8, 4) is 0 Å². The van der Waals surface area contributed by atoms with Crippen LogP contribution in [-0.4, -0.2) is 52.9 Å². The van der Waals surface area contributed by atoms with Gasteiger partial charge in [-0.2, -0.15) is 0 Å². The Morgan fingerprint density at radius 3 is 2.48 bits per heavy atom. The Labute approximate surface area is 175 Å². The fourth-order valence-electron chi connectivity index (χ4n) is 3.61. The Morgan fingerprint density at radius 2 is 1.86 bits per heavy atom. The van der Waals surface area contributed by atoms with Crippen LogP contribution in [0, 0.1) is 6.92 Å². The van der Waals surface area contributed by atoms with Gasteiger partial charge in [0.05, 0.1) is 11.9 Å². The molecule has 2 heterocycles. The number of anilines is 2. The van der Waals surface area contributed by atoms with Crippen LogP contribution in [0.5, 0.6) is 0 Å². The molecule has 0 aliphatic carbocycles. The number of hydrogen-bond acceptors (Lipinski definition) is 4. The summed E-state index contributed by atoms with van der Waals surface area (Å²) >= 11 is 0. The zero-order chi connectivity index (χ0) is 20.8. The molecule has 0 radical (unpaired) electrons. The van der Waals surface area contributed by atoms with Crippen LogP contribution in [0.2, 0.25) is 0 Å². The first kappa shape index (κ1) is 20.8. The average molecular weight is 400 g/mol. The molecular weight excluding hydrogens is 366 g/mol. The van der Waals surface area contributed by atoms with Gasteiger partial charge in [0.2, 0.25) is 5.91 Å². The van der Waals surface area contributed by atoms with E-state index in [1.54, 1.807) is 13.1 Å². The van der Waals surface area contributed by atoms with Crippen molar-refractivity contribution >= 4 is 23.3 Å². The maximum Gasteiger partial charge on any atom is 0.323 e. The van der Waals surface area contributed by atoms with Gasteiger partial charge in [0.1, 0.15) is 0 Å². The lowest BCUT2D eigenvalue weighted by Crippen LogP contribution is -2.47. The molecular formula is C22H33N5O2. The van der Waals surface area contributed by atoms with Gasteiger partial charge in [-0.1, -0.05) is 19.1 Å². The maximum absolute atomic E-state index is 12.4. The van der Waals surface area contributed by atoms with E-state index < -0.39 is 0 Å². The number of hydrogen-bond donors (Lipinski definition) is 2. The zero-order valence-electron chi connectivity index (χ0n) is 17.4. The summed E-state index contributed by atoms with van der Waals surface area (Å²) in [5, 5.41) is 5.80. The zero-order valence-corrected chi connectivity index (χ0v) is 17.4. The number of benzene rings is 1. The van der Waals surface area contributed by atoms with Crippen LogP contribution in [0.3, 0.4) is 0 Å². The van der Waals surface area contributed by atoms with Crippen LogP contribution in [0.15, 0.2) is 36.5 Å². The summed E-state index contributed by atoms with van der Waals surface area (Å²) in [5.41, 5.74) is 4.73. The molecule has 0 saturated carbocycles. The monoisotopic (exact) mass is 399 g/mol. The quantitative estimate of drug-likeness (QED) is 0.803. The lowest BCUT2D eigenvalue weighted by atomic mass is 10.0. The summed E-state index contributed by atoms with van der Waals surface area (Å²) < 4.78 is 0. The smallest absolute Gasteiger partial charge is 0.323 e. The standard InChI is InChI=1S/C22H29N5O2.2H2/c1-4-20-18(15-26-10-12-27(13-11-26)17(3)28)6-5-7-21(20)25-22(29)24-19-9-8-16(2)23-14-19;;/h5-9,14H,4,10-13,15H2,1-3H3,(H2,24,25,29);2*1H. The summed E-state index contributed by atoms with van der Waals surface area (Å²) in [6.45, 7) is 9.69. The van der Waals surface area contributed by atoms with Crippen molar-refractivity contribution in [3.05, 3.63) is 53.3 Å². The highest BCUT2D eigenvalue weighted by molar-refractivity contribution is 6.00. The number of nitrogens with zero attached hydrogens (tertiary/aromatic N) is 3. The number of pyridine rings is 1. The first-order valence-corrected chi connectivity index (χ1v) is 10.1. The van der Waals surface area contributed by atoms with Gasteiger partial charge < -0.3 is 15.5 Å². The number of aryl methyl sites for hydroxylation is 1. The minimum atomic E-state index is -0.280. The van der Waals surface area contributed by atoms with E-state index in [9.17, 15) is 9.59 Å². The number of carbonyl (C=O) groups excluding carboxylic acids is 2. The molecule has 7 heteroatoms. The van der Waals surface area contributed by atoms with Crippen LogP contribution in [0.25, 0.3) is 0 Å². The highest BCUT2D eigenvalue weighted by Crippen LogP contribution is 2.23. The van der Waals surface area contributed by atoms with Gasteiger partial charge in [-0.15, -0.1) is 0 Å². The molecule has 29 heavy (non-hydrogen) atoms. The van der Waals surface area contributed by atoms with Crippen LogP contribution in [-0.2, 0) is 17.8 Å². The number of nitrogens with one attached hydrogen (secondary N) is 2. The summed E-state index contributed by atoms with van der Waals surface area (Å²) in [6, 6.07) is 9.44. The van der Waals surface area contributed by atoms with Crippen molar-refractivity contribution in [2.24, 2.45) is 0 Å². The highest BCUT2D eigenvalue weighted by atomic mass is 16.2. The molecule has 2 aromatic rings. The minimum absolute atomic E-state index is 0. The van der Waals surface area contributed by atoms with E-state index in [1.807, 2.05) is 36.1 Å². The molecule has 1 saturated heterocycles. The Kier molecular flexibility index (Phi) is 6.82. The number of amides is 3. The van der Waals surface area contributed by atoms with Gasteiger partial charge in [-0.05, 0) is 42.7 Å². The molecule has 7 nitrogen and oxygen atoms in total.